The Morgan fingerprint density at radius 3 is 1.57 bits per heavy atom. The molecular weight excluding hydrogens is 288 g/mol. The molecule has 2 aromatic carbocycles. The van der Waals surface area contributed by atoms with E-state index in [-0.39, 0.29) is 28.0 Å². The number of phenols is 1. The molecule has 0 aliphatic heterocycles. The maximum atomic E-state index is 10.3. The standard InChI is InChI=1S/C9H10O.C8H8O2.3CH4/c1-7-3-4-9(6-10)8(2)5-7;1-6-4-8(10)3-2-7(6)5-9;;;/h3-6H,1-2H3;2-5,10H,1H3;3*1H4. The Kier molecular flexibility index (Phi) is 13.5. The molecule has 3 nitrogen and oxygen atoms in total. The lowest BCUT2D eigenvalue weighted by Gasteiger charge is -1.97. The van der Waals surface area contributed by atoms with E-state index in [9.17, 15) is 9.59 Å². The Morgan fingerprint density at radius 1 is 0.739 bits per heavy atom. The van der Waals surface area contributed by atoms with Gasteiger partial charge in [0.2, 0.25) is 0 Å². The molecule has 0 saturated heterocycles. The molecule has 2 rings (SSSR count). The van der Waals surface area contributed by atoms with Crippen molar-refractivity contribution in [3.63, 3.8) is 0 Å². The Balaban J connectivity index is -0.000000308. The largest absolute Gasteiger partial charge is 0.508 e. The van der Waals surface area contributed by atoms with Crippen molar-refractivity contribution in [2.24, 2.45) is 0 Å². The Morgan fingerprint density at radius 2 is 1.17 bits per heavy atom. The summed E-state index contributed by atoms with van der Waals surface area (Å²) >= 11 is 0. The molecule has 0 unspecified atom stereocenters. The zero-order chi connectivity index (χ0) is 15.1. The zero-order valence-corrected chi connectivity index (χ0v) is 11.9. The minimum absolute atomic E-state index is 0. The molecule has 0 aromatic heterocycles. The lowest BCUT2D eigenvalue weighted by molar-refractivity contribution is 0.111. The summed E-state index contributed by atoms with van der Waals surface area (Å²) in [7, 11) is 0. The van der Waals surface area contributed by atoms with Crippen molar-refractivity contribution in [2.75, 3.05) is 0 Å². The fourth-order valence-corrected chi connectivity index (χ4v) is 1.75. The third-order valence-corrected chi connectivity index (χ3v) is 2.93. The first-order valence-electron chi connectivity index (χ1n) is 6.25. The van der Waals surface area contributed by atoms with Crippen molar-refractivity contribution in [3.8, 4) is 5.75 Å². The van der Waals surface area contributed by atoms with E-state index in [0.717, 1.165) is 29.3 Å². The second-order valence-corrected chi connectivity index (χ2v) is 4.64. The molecule has 2 aromatic rings. The first kappa shape index (κ1) is 25.5. The van der Waals surface area contributed by atoms with Crippen LogP contribution in [0.25, 0.3) is 0 Å². The number of hydrogen-bond donors (Lipinski definition) is 1. The highest BCUT2D eigenvalue weighted by molar-refractivity contribution is 5.77. The fraction of sp³-hybridized carbons (Fsp3) is 0.300. The van der Waals surface area contributed by atoms with Gasteiger partial charge in [0.05, 0.1) is 0 Å². The van der Waals surface area contributed by atoms with Gasteiger partial charge in [0.15, 0.2) is 0 Å². The Labute approximate surface area is 141 Å². The van der Waals surface area contributed by atoms with Crippen LogP contribution < -0.4 is 0 Å². The molecule has 1 N–H and O–H groups in total. The summed E-state index contributed by atoms with van der Waals surface area (Å²) in [5, 5.41) is 8.92. The zero-order valence-electron chi connectivity index (χ0n) is 11.9. The van der Waals surface area contributed by atoms with Crippen molar-refractivity contribution in [1.29, 1.82) is 0 Å². The lowest BCUT2D eigenvalue weighted by Crippen LogP contribution is -1.85. The van der Waals surface area contributed by atoms with Crippen LogP contribution >= 0.6 is 0 Å². The normalized spacial score (nSPS) is 8.13. The molecule has 0 aliphatic carbocycles. The van der Waals surface area contributed by atoms with Crippen LogP contribution in [0.1, 0.15) is 59.7 Å². The molecule has 0 spiro atoms. The van der Waals surface area contributed by atoms with Gasteiger partial charge in [-0.05, 0) is 50.1 Å². The molecule has 0 heterocycles. The molecule has 0 radical (unpaired) electrons. The summed E-state index contributed by atoms with van der Waals surface area (Å²) in [4.78, 5) is 20.6. The smallest absolute Gasteiger partial charge is 0.150 e. The monoisotopic (exact) mass is 318 g/mol. The summed E-state index contributed by atoms with van der Waals surface area (Å²) in [5.74, 6) is 0.197. The molecular formula is C20H30O3. The lowest BCUT2D eigenvalue weighted by atomic mass is 10.1. The SMILES string of the molecule is C.C.C.Cc1cc(O)ccc1C=O.Cc1ccc(C=O)c(C)c1. The number of carbonyl (C=O) groups excluding carboxylic acids is 2. The molecule has 0 aliphatic rings. The summed E-state index contributed by atoms with van der Waals surface area (Å²) in [5.41, 5.74) is 4.46. The van der Waals surface area contributed by atoms with Gasteiger partial charge in [-0.25, -0.2) is 0 Å². The highest BCUT2D eigenvalue weighted by Crippen LogP contribution is 2.13. The summed E-state index contributed by atoms with van der Waals surface area (Å²) in [6.45, 7) is 5.74. The van der Waals surface area contributed by atoms with Crippen molar-refractivity contribution >= 4 is 12.6 Å². The quantitative estimate of drug-likeness (QED) is 0.740. The van der Waals surface area contributed by atoms with Crippen LogP contribution in [0.15, 0.2) is 36.4 Å². The fourth-order valence-electron chi connectivity index (χ4n) is 1.75. The van der Waals surface area contributed by atoms with Gasteiger partial charge in [0, 0.05) is 11.1 Å². The highest BCUT2D eigenvalue weighted by atomic mass is 16.3. The average molecular weight is 318 g/mol. The Hall–Kier alpha value is -2.42. The average Bonchev–Trinajstić information content (AvgIpc) is 2.40. The van der Waals surface area contributed by atoms with E-state index in [1.165, 1.54) is 11.6 Å². The number of aromatic hydroxyl groups is 1. The molecule has 128 valence electrons. The van der Waals surface area contributed by atoms with E-state index in [4.69, 9.17) is 5.11 Å². The third kappa shape index (κ3) is 7.96. The van der Waals surface area contributed by atoms with E-state index in [1.54, 1.807) is 19.1 Å². The van der Waals surface area contributed by atoms with Gasteiger partial charge < -0.3 is 5.11 Å². The maximum Gasteiger partial charge on any atom is 0.150 e. The molecule has 0 saturated carbocycles. The molecule has 23 heavy (non-hydrogen) atoms. The van der Waals surface area contributed by atoms with Crippen LogP contribution in [0, 0.1) is 20.8 Å². The number of carbonyl (C=O) groups is 2. The number of hydrogen-bond acceptors (Lipinski definition) is 3. The van der Waals surface area contributed by atoms with Crippen molar-refractivity contribution in [3.05, 3.63) is 64.2 Å². The minimum Gasteiger partial charge on any atom is -0.508 e. The van der Waals surface area contributed by atoms with E-state index in [1.807, 2.05) is 32.0 Å². The van der Waals surface area contributed by atoms with Gasteiger partial charge in [-0.3, -0.25) is 9.59 Å². The van der Waals surface area contributed by atoms with Crippen LogP contribution in [0.4, 0.5) is 0 Å². The Bertz CT molecular complexity index is 561. The van der Waals surface area contributed by atoms with Gasteiger partial charge in [0.1, 0.15) is 18.3 Å². The third-order valence-electron chi connectivity index (χ3n) is 2.93. The number of phenolic OH excluding ortho intramolecular Hbond substituents is 1. The number of aryl methyl sites for hydroxylation is 3. The molecule has 0 atom stereocenters. The van der Waals surface area contributed by atoms with Crippen LogP contribution in [-0.2, 0) is 0 Å². The predicted molar refractivity (Wildman–Crippen MR) is 99.7 cm³/mol. The van der Waals surface area contributed by atoms with Gasteiger partial charge in [-0.15, -0.1) is 0 Å². The van der Waals surface area contributed by atoms with E-state index in [2.05, 4.69) is 0 Å². The first-order valence-corrected chi connectivity index (χ1v) is 6.25. The van der Waals surface area contributed by atoms with Crippen molar-refractivity contribution < 1.29 is 14.7 Å². The predicted octanol–water partition coefficient (Wildman–Crippen LogP) is 5.54. The van der Waals surface area contributed by atoms with E-state index >= 15 is 0 Å². The van der Waals surface area contributed by atoms with Gasteiger partial charge in [-0.2, -0.15) is 0 Å². The van der Waals surface area contributed by atoms with Gasteiger partial charge in [0.25, 0.3) is 0 Å². The summed E-state index contributed by atoms with van der Waals surface area (Å²) in [6, 6.07) is 10.4. The molecule has 0 amide bonds. The van der Waals surface area contributed by atoms with Gasteiger partial charge >= 0.3 is 0 Å². The van der Waals surface area contributed by atoms with Crippen LogP contribution in [0.3, 0.4) is 0 Å². The van der Waals surface area contributed by atoms with E-state index < -0.39 is 0 Å². The van der Waals surface area contributed by atoms with Crippen LogP contribution in [0.5, 0.6) is 5.75 Å². The van der Waals surface area contributed by atoms with Crippen molar-refractivity contribution in [1.82, 2.24) is 0 Å². The van der Waals surface area contributed by atoms with Gasteiger partial charge in [-0.1, -0.05) is 46.0 Å². The molecule has 0 fully saturated rings. The maximum absolute atomic E-state index is 10.3. The van der Waals surface area contributed by atoms with Crippen LogP contribution in [-0.4, -0.2) is 17.7 Å². The summed E-state index contributed by atoms with van der Waals surface area (Å²) < 4.78 is 0. The summed E-state index contributed by atoms with van der Waals surface area (Å²) in [6.07, 6.45) is 1.66. The second-order valence-electron chi connectivity index (χ2n) is 4.64. The molecule has 0 bridgehead atoms. The number of aldehydes is 2. The minimum atomic E-state index is 0. The van der Waals surface area contributed by atoms with Crippen LogP contribution in [0.2, 0.25) is 0 Å². The van der Waals surface area contributed by atoms with Crippen molar-refractivity contribution in [2.45, 2.75) is 43.1 Å². The number of benzene rings is 2. The second kappa shape index (κ2) is 12.2. The first-order chi connectivity index (χ1) is 9.47. The highest BCUT2D eigenvalue weighted by Gasteiger charge is 1.95. The number of rotatable bonds is 2. The topological polar surface area (TPSA) is 54.4 Å². The molecule has 3 heteroatoms. The van der Waals surface area contributed by atoms with E-state index in [0.29, 0.717) is 5.56 Å².